The van der Waals surface area contributed by atoms with Gasteiger partial charge in [0.15, 0.2) is 0 Å². The minimum absolute atomic E-state index is 0.0124. The van der Waals surface area contributed by atoms with E-state index in [1.54, 1.807) is 12.1 Å². The molecule has 2 aromatic carbocycles. The number of para-hydroxylation sites is 1. The van der Waals surface area contributed by atoms with Crippen molar-refractivity contribution in [1.82, 2.24) is 9.80 Å². The molecule has 2 atom stereocenters. The first-order valence-corrected chi connectivity index (χ1v) is 12.7. The van der Waals surface area contributed by atoms with Gasteiger partial charge in [-0.1, -0.05) is 81.6 Å². The maximum Gasteiger partial charge on any atom is 0.273 e. The van der Waals surface area contributed by atoms with Crippen molar-refractivity contribution >= 4 is 11.6 Å². The molecule has 34 heavy (non-hydrogen) atoms. The van der Waals surface area contributed by atoms with Gasteiger partial charge in [0.2, 0.25) is 5.91 Å². The highest BCUT2D eigenvalue weighted by Gasteiger charge is 2.38. The summed E-state index contributed by atoms with van der Waals surface area (Å²) in [5, 5.41) is 11.5. The van der Waals surface area contributed by atoms with Gasteiger partial charge in [0.25, 0.3) is 5.69 Å². The summed E-state index contributed by atoms with van der Waals surface area (Å²) in [6.45, 7) is 6.99. The van der Waals surface area contributed by atoms with Crippen LogP contribution in [0, 0.1) is 22.0 Å². The third kappa shape index (κ3) is 5.66. The molecule has 2 fully saturated rings. The van der Waals surface area contributed by atoms with Crippen LogP contribution in [0.1, 0.15) is 63.0 Å². The lowest BCUT2D eigenvalue weighted by atomic mass is 9.86. The summed E-state index contributed by atoms with van der Waals surface area (Å²) in [5.41, 5.74) is 2.22. The Morgan fingerprint density at radius 2 is 1.71 bits per heavy atom. The molecule has 0 spiro atoms. The lowest BCUT2D eigenvalue weighted by Crippen LogP contribution is -2.47. The van der Waals surface area contributed by atoms with E-state index in [0.29, 0.717) is 24.4 Å². The summed E-state index contributed by atoms with van der Waals surface area (Å²) in [5.74, 6) is 0.849. The average Bonchev–Trinajstić information content (AvgIpc) is 3.25. The first-order valence-electron chi connectivity index (χ1n) is 12.7. The lowest BCUT2D eigenvalue weighted by molar-refractivity contribution is -0.385. The fourth-order valence-electron chi connectivity index (χ4n) is 5.81. The molecule has 1 saturated carbocycles. The van der Waals surface area contributed by atoms with Crippen molar-refractivity contribution in [2.24, 2.45) is 11.8 Å². The van der Waals surface area contributed by atoms with Crippen molar-refractivity contribution in [2.45, 2.75) is 64.5 Å². The van der Waals surface area contributed by atoms with Gasteiger partial charge in [-0.15, -0.1) is 0 Å². The van der Waals surface area contributed by atoms with E-state index in [0.717, 1.165) is 38.0 Å². The smallest absolute Gasteiger partial charge is 0.273 e. The van der Waals surface area contributed by atoms with Gasteiger partial charge in [-0.2, -0.15) is 0 Å². The van der Waals surface area contributed by atoms with Crippen LogP contribution in [0.25, 0.3) is 0 Å². The Hall–Kier alpha value is -2.73. The van der Waals surface area contributed by atoms with E-state index in [9.17, 15) is 14.9 Å². The van der Waals surface area contributed by atoms with E-state index in [2.05, 4.69) is 34.1 Å². The van der Waals surface area contributed by atoms with Crippen LogP contribution in [0.3, 0.4) is 0 Å². The van der Waals surface area contributed by atoms with E-state index < -0.39 is 0 Å². The molecule has 1 heterocycles. The van der Waals surface area contributed by atoms with E-state index >= 15 is 0 Å². The van der Waals surface area contributed by atoms with Crippen LogP contribution in [0.2, 0.25) is 0 Å². The standard InChI is InChI=1S/C28H37N3O3/c1-21(2)28(32)30(25-14-7-4-8-15-25)19-24-18-29(20-26(24)22-11-5-3-6-12-22)17-23-13-9-10-16-27(23)31(33)34/h3,5-6,9-13,16,21,24-26H,4,7-8,14-15,17-20H2,1-2H3/t24-,26+/m1/s1. The molecule has 0 aromatic heterocycles. The number of hydrogen-bond donors (Lipinski definition) is 0. The summed E-state index contributed by atoms with van der Waals surface area (Å²) in [7, 11) is 0. The number of nitrogens with zero attached hydrogens (tertiary/aromatic N) is 3. The maximum atomic E-state index is 13.3. The van der Waals surface area contributed by atoms with Gasteiger partial charge in [0.1, 0.15) is 0 Å². The Labute approximate surface area is 203 Å². The van der Waals surface area contributed by atoms with Crippen LogP contribution < -0.4 is 0 Å². The second kappa shape index (κ2) is 11.1. The van der Waals surface area contributed by atoms with Crippen LogP contribution >= 0.6 is 0 Å². The number of likely N-dealkylation sites (tertiary alicyclic amines) is 1. The first kappa shape index (κ1) is 24.4. The van der Waals surface area contributed by atoms with Gasteiger partial charge in [-0.05, 0) is 24.3 Å². The second-order valence-corrected chi connectivity index (χ2v) is 10.3. The molecule has 182 valence electrons. The molecule has 0 radical (unpaired) electrons. The Bertz CT molecular complexity index is 972. The normalized spacial score (nSPS) is 21.6. The maximum absolute atomic E-state index is 13.3. The molecule has 0 N–H and O–H groups in total. The molecule has 4 rings (SSSR count). The predicted molar refractivity (Wildman–Crippen MR) is 134 cm³/mol. The summed E-state index contributed by atoms with van der Waals surface area (Å²) < 4.78 is 0. The highest BCUT2D eigenvalue weighted by atomic mass is 16.6. The topological polar surface area (TPSA) is 66.7 Å². The molecular formula is C28H37N3O3. The molecule has 2 aliphatic rings. The summed E-state index contributed by atoms with van der Waals surface area (Å²) >= 11 is 0. The van der Waals surface area contributed by atoms with Crippen molar-refractivity contribution in [3.63, 3.8) is 0 Å². The molecule has 1 aliphatic carbocycles. The van der Waals surface area contributed by atoms with Crippen LogP contribution in [0.5, 0.6) is 0 Å². The third-order valence-corrected chi connectivity index (χ3v) is 7.55. The first-order chi connectivity index (χ1) is 16.4. The fourth-order valence-corrected chi connectivity index (χ4v) is 5.81. The van der Waals surface area contributed by atoms with Crippen LogP contribution in [-0.4, -0.2) is 46.3 Å². The Morgan fingerprint density at radius 3 is 2.38 bits per heavy atom. The van der Waals surface area contributed by atoms with Gasteiger partial charge in [-0.25, -0.2) is 0 Å². The zero-order valence-electron chi connectivity index (χ0n) is 20.4. The molecule has 2 aromatic rings. The Morgan fingerprint density at radius 1 is 1.03 bits per heavy atom. The average molecular weight is 464 g/mol. The minimum Gasteiger partial charge on any atom is -0.339 e. The van der Waals surface area contributed by atoms with Crippen LogP contribution in [-0.2, 0) is 11.3 Å². The summed E-state index contributed by atoms with van der Waals surface area (Å²) in [6.07, 6.45) is 5.86. The molecule has 0 unspecified atom stereocenters. The number of carbonyl (C=O) groups is 1. The molecule has 6 heteroatoms. The lowest BCUT2D eigenvalue weighted by Gasteiger charge is -2.38. The van der Waals surface area contributed by atoms with Gasteiger partial charge in [0.05, 0.1) is 4.92 Å². The Balaban J connectivity index is 1.58. The molecule has 1 saturated heterocycles. The quantitative estimate of drug-likeness (QED) is 0.376. The zero-order chi connectivity index (χ0) is 24.1. The number of benzene rings is 2. The van der Waals surface area contributed by atoms with E-state index in [4.69, 9.17) is 0 Å². The van der Waals surface area contributed by atoms with Crippen molar-refractivity contribution in [3.8, 4) is 0 Å². The third-order valence-electron chi connectivity index (χ3n) is 7.55. The van der Waals surface area contributed by atoms with E-state index in [1.165, 1.54) is 24.8 Å². The summed E-state index contributed by atoms with van der Waals surface area (Å²) in [6, 6.07) is 17.9. The van der Waals surface area contributed by atoms with E-state index in [-0.39, 0.29) is 22.4 Å². The monoisotopic (exact) mass is 463 g/mol. The van der Waals surface area contributed by atoms with Gasteiger partial charge in [-0.3, -0.25) is 19.8 Å². The van der Waals surface area contributed by atoms with Crippen molar-refractivity contribution in [1.29, 1.82) is 0 Å². The molecule has 0 bridgehead atoms. The van der Waals surface area contributed by atoms with Gasteiger partial charge >= 0.3 is 0 Å². The second-order valence-electron chi connectivity index (χ2n) is 10.3. The van der Waals surface area contributed by atoms with Crippen molar-refractivity contribution in [2.75, 3.05) is 19.6 Å². The summed E-state index contributed by atoms with van der Waals surface area (Å²) in [4.78, 5) is 29.1. The number of amides is 1. The number of rotatable bonds is 8. The number of nitro groups is 1. The SMILES string of the molecule is CC(C)C(=O)N(C[C@H]1CN(Cc2ccccc2[N+](=O)[O-])C[C@H]1c1ccccc1)C1CCCCC1. The largest absolute Gasteiger partial charge is 0.339 e. The predicted octanol–water partition coefficient (Wildman–Crippen LogP) is 5.63. The fraction of sp³-hybridized carbons (Fsp3) is 0.536. The zero-order valence-corrected chi connectivity index (χ0v) is 20.4. The number of carbonyl (C=O) groups excluding carboxylic acids is 1. The van der Waals surface area contributed by atoms with E-state index in [1.807, 2.05) is 32.0 Å². The molecule has 1 aliphatic heterocycles. The van der Waals surface area contributed by atoms with Gasteiger partial charge < -0.3 is 4.90 Å². The molecule has 6 nitrogen and oxygen atoms in total. The Kier molecular flexibility index (Phi) is 7.99. The number of hydrogen-bond acceptors (Lipinski definition) is 4. The highest BCUT2D eigenvalue weighted by molar-refractivity contribution is 5.78. The highest BCUT2D eigenvalue weighted by Crippen LogP contribution is 2.36. The van der Waals surface area contributed by atoms with Crippen molar-refractivity contribution < 1.29 is 9.72 Å². The van der Waals surface area contributed by atoms with Gasteiger partial charge in [0, 0.05) is 55.7 Å². The van der Waals surface area contributed by atoms with Crippen LogP contribution in [0.4, 0.5) is 5.69 Å². The molecule has 1 amide bonds. The van der Waals surface area contributed by atoms with Crippen LogP contribution in [0.15, 0.2) is 54.6 Å². The molecular weight excluding hydrogens is 426 g/mol. The van der Waals surface area contributed by atoms with Crippen molar-refractivity contribution in [3.05, 3.63) is 75.8 Å². The number of nitro benzene ring substituents is 1. The minimum atomic E-state index is -0.288.